The number of thiophene rings is 1. The van der Waals surface area contributed by atoms with Crippen LogP contribution in [0.5, 0.6) is 0 Å². The Bertz CT molecular complexity index is 899. The second-order valence-corrected chi connectivity index (χ2v) is 9.02. The van der Waals surface area contributed by atoms with Crippen LogP contribution in [0.4, 0.5) is 0 Å². The van der Waals surface area contributed by atoms with Crippen molar-refractivity contribution in [1.82, 2.24) is 9.91 Å². The van der Waals surface area contributed by atoms with E-state index in [1.807, 2.05) is 17.5 Å². The third-order valence-electron chi connectivity index (χ3n) is 5.89. The van der Waals surface area contributed by atoms with Gasteiger partial charge in [-0.1, -0.05) is 48.7 Å². The minimum atomic E-state index is -0.129. The fourth-order valence-corrected chi connectivity index (χ4v) is 4.94. The van der Waals surface area contributed by atoms with Gasteiger partial charge in [-0.15, -0.1) is 11.3 Å². The Morgan fingerprint density at radius 3 is 2.55 bits per heavy atom. The Labute approximate surface area is 176 Å². The van der Waals surface area contributed by atoms with E-state index in [2.05, 4.69) is 31.2 Å². The summed E-state index contributed by atoms with van der Waals surface area (Å²) in [6.07, 6.45) is 4.78. The average molecular weight is 410 g/mol. The van der Waals surface area contributed by atoms with Crippen molar-refractivity contribution in [3.8, 4) is 0 Å². The first-order valence-corrected chi connectivity index (χ1v) is 11.2. The van der Waals surface area contributed by atoms with Crippen LogP contribution in [0.15, 0.2) is 46.9 Å². The standard InChI is InChI=1S/C23H27N3O2S/c1-16-9-11-17(12-10-16)20-14-19(21-8-5-13-29-21)24-26(20)22(27)15-25(2)23(28)18-6-3-4-7-18/h5,8-13,18,20H,3-4,6-7,14-15H2,1-2H3/t20-/m0/s1. The lowest BCUT2D eigenvalue weighted by atomic mass is 10.00. The van der Waals surface area contributed by atoms with Gasteiger partial charge in [-0.3, -0.25) is 9.59 Å². The summed E-state index contributed by atoms with van der Waals surface area (Å²) in [6, 6.07) is 12.2. The van der Waals surface area contributed by atoms with E-state index in [9.17, 15) is 9.59 Å². The maximum absolute atomic E-state index is 13.2. The van der Waals surface area contributed by atoms with Gasteiger partial charge in [-0.25, -0.2) is 5.01 Å². The number of hydrogen-bond acceptors (Lipinski definition) is 4. The van der Waals surface area contributed by atoms with Gasteiger partial charge in [-0.05, 0) is 36.8 Å². The van der Waals surface area contributed by atoms with Gasteiger partial charge >= 0.3 is 0 Å². The maximum Gasteiger partial charge on any atom is 0.262 e. The SMILES string of the molecule is Cc1ccc([C@@H]2CC(c3cccs3)=NN2C(=O)CN(C)C(=O)C2CCCC2)cc1. The second-order valence-electron chi connectivity index (χ2n) is 8.07. The third kappa shape index (κ3) is 4.27. The Kier molecular flexibility index (Phi) is 5.81. The molecule has 6 heteroatoms. The van der Waals surface area contributed by atoms with E-state index in [0.29, 0.717) is 6.42 Å². The lowest BCUT2D eigenvalue weighted by molar-refractivity contribution is -0.142. The number of carbonyl (C=O) groups excluding carboxylic acids is 2. The number of rotatable bonds is 5. The van der Waals surface area contributed by atoms with E-state index in [1.54, 1.807) is 28.3 Å². The van der Waals surface area contributed by atoms with E-state index in [1.165, 1.54) is 5.56 Å². The van der Waals surface area contributed by atoms with Crippen LogP contribution in [0.3, 0.4) is 0 Å². The zero-order valence-corrected chi connectivity index (χ0v) is 17.8. The fraction of sp³-hybridized carbons (Fsp3) is 0.435. The van der Waals surface area contributed by atoms with Crippen LogP contribution in [0, 0.1) is 12.8 Å². The largest absolute Gasteiger partial charge is 0.336 e. The third-order valence-corrected chi connectivity index (χ3v) is 6.81. The van der Waals surface area contributed by atoms with Gasteiger partial charge in [0.2, 0.25) is 5.91 Å². The highest BCUT2D eigenvalue weighted by atomic mass is 32.1. The molecule has 29 heavy (non-hydrogen) atoms. The average Bonchev–Trinajstić information content (AvgIpc) is 3.48. The van der Waals surface area contributed by atoms with Crippen LogP contribution in [0.25, 0.3) is 0 Å². The van der Waals surface area contributed by atoms with E-state index < -0.39 is 0 Å². The summed E-state index contributed by atoms with van der Waals surface area (Å²) in [5.74, 6) is 0.0322. The molecule has 1 aliphatic heterocycles. The molecule has 1 saturated carbocycles. The highest BCUT2D eigenvalue weighted by molar-refractivity contribution is 7.12. The molecule has 2 aromatic rings. The predicted molar refractivity (Wildman–Crippen MR) is 116 cm³/mol. The first-order chi connectivity index (χ1) is 14.0. The summed E-state index contributed by atoms with van der Waals surface area (Å²) in [5, 5.41) is 8.31. The highest BCUT2D eigenvalue weighted by Gasteiger charge is 2.35. The minimum absolute atomic E-state index is 0.0684. The number of amides is 2. The second kappa shape index (κ2) is 8.49. The Balaban J connectivity index is 1.54. The van der Waals surface area contributed by atoms with E-state index in [-0.39, 0.29) is 30.3 Å². The zero-order valence-electron chi connectivity index (χ0n) is 17.0. The smallest absolute Gasteiger partial charge is 0.262 e. The highest BCUT2D eigenvalue weighted by Crippen LogP contribution is 2.34. The molecule has 0 saturated heterocycles. The molecule has 0 radical (unpaired) electrons. The molecular formula is C23H27N3O2S. The molecule has 4 rings (SSSR count). The van der Waals surface area contributed by atoms with Gasteiger partial charge in [0, 0.05) is 19.4 Å². The van der Waals surface area contributed by atoms with Crippen molar-refractivity contribution in [2.24, 2.45) is 11.0 Å². The van der Waals surface area contributed by atoms with Crippen LogP contribution in [0.1, 0.15) is 54.1 Å². The number of benzene rings is 1. The maximum atomic E-state index is 13.2. The van der Waals surface area contributed by atoms with Gasteiger partial charge in [0.25, 0.3) is 5.91 Å². The summed E-state index contributed by atoms with van der Waals surface area (Å²) < 4.78 is 0. The molecule has 0 spiro atoms. The first kappa shape index (κ1) is 19.8. The quantitative estimate of drug-likeness (QED) is 0.736. The van der Waals surface area contributed by atoms with Gasteiger partial charge in [-0.2, -0.15) is 5.10 Å². The minimum Gasteiger partial charge on any atom is -0.336 e. The molecular weight excluding hydrogens is 382 g/mol. The van der Waals surface area contributed by atoms with E-state index >= 15 is 0 Å². The molecule has 5 nitrogen and oxygen atoms in total. The molecule has 2 amide bonds. The normalized spacial score (nSPS) is 19.4. The van der Waals surface area contributed by atoms with Crippen LogP contribution >= 0.6 is 11.3 Å². The Morgan fingerprint density at radius 1 is 1.17 bits per heavy atom. The molecule has 1 fully saturated rings. The van der Waals surface area contributed by atoms with Crippen molar-refractivity contribution in [2.45, 2.75) is 45.1 Å². The molecule has 0 N–H and O–H groups in total. The number of likely N-dealkylation sites (N-methyl/N-ethyl adjacent to an activating group) is 1. The lowest BCUT2D eigenvalue weighted by Gasteiger charge is -2.26. The summed E-state index contributed by atoms with van der Waals surface area (Å²) in [7, 11) is 1.74. The number of carbonyl (C=O) groups is 2. The van der Waals surface area contributed by atoms with Crippen LogP contribution in [-0.4, -0.2) is 41.0 Å². The van der Waals surface area contributed by atoms with Crippen LogP contribution in [0.2, 0.25) is 0 Å². The van der Waals surface area contributed by atoms with Gasteiger partial charge in [0.05, 0.1) is 16.6 Å². The van der Waals surface area contributed by atoms with Crippen molar-refractivity contribution >= 4 is 28.9 Å². The summed E-state index contributed by atoms with van der Waals surface area (Å²) in [4.78, 5) is 28.5. The first-order valence-electron chi connectivity index (χ1n) is 10.3. The van der Waals surface area contributed by atoms with Crippen molar-refractivity contribution in [1.29, 1.82) is 0 Å². The van der Waals surface area contributed by atoms with Crippen molar-refractivity contribution in [2.75, 3.05) is 13.6 Å². The van der Waals surface area contributed by atoms with E-state index in [0.717, 1.165) is 41.8 Å². The molecule has 1 aromatic heterocycles. The van der Waals surface area contributed by atoms with Crippen molar-refractivity contribution in [3.05, 3.63) is 57.8 Å². The molecule has 2 heterocycles. The molecule has 0 unspecified atom stereocenters. The topological polar surface area (TPSA) is 53.0 Å². The summed E-state index contributed by atoms with van der Waals surface area (Å²) >= 11 is 1.64. The van der Waals surface area contributed by atoms with Crippen molar-refractivity contribution in [3.63, 3.8) is 0 Å². The number of nitrogens with zero attached hydrogens (tertiary/aromatic N) is 3. The molecule has 2 aliphatic rings. The van der Waals surface area contributed by atoms with Gasteiger partial charge in [0.1, 0.15) is 6.54 Å². The fourth-order valence-electron chi connectivity index (χ4n) is 4.22. The molecule has 1 atom stereocenters. The van der Waals surface area contributed by atoms with Crippen LogP contribution < -0.4 is 0 Å². The number of hydrazone groups is 1. The zero-order chi connectivity index (χ0) is 20.4. The number of aryl methyl sites for hydroxylation is 1. The van der Waals surface area contributed by atoms with Crippen LogP contribution in [-0.2, 0) is 9.59 Å². The lowest BCUT2D eigenvalue weighted by Crippen LogP contribution is -2.41. The Hall–Kier alpha value is -2.47. The summed E-state index contributed by atoms with van der Waals surface area (Å²) in [5.41, 5.74) is 3.19. The molecule has 0 bridgehead atoms. The van der Waals surface area contributed by atoms with Crippen molar-refractivity contribution < 1.29 is 9.59 Å². The Morgan fingerprint density at radius 2 is 1.90 bits per heavy atom. The monoisotopic (exact) mass is 409 g/mol. The predicted octanol–water partition coefficient (Wildman–Crippen LogP) is 4.38. The molecule has 152 valence electrons. The molecule has 1 aromatic carbocycles. The molecule has 1 aliphatic carbocycles. The van der Waals surface area contributed by atoms with Gasteiger partial charge < -0.3 is 4.90 Å². The van der Waals surface area contributed by atoms with E-state index in [4.69, 9.17) is 5.10 Å². The summed E-state index contributed by atoms with van der Waals surface area (Å²) in [6.45, 7) is 2.12. The van der Waals surface area contributed by atoms with Gasteiger partial charge in [0.15, 0.2) is 0 Å². The number of hydrogen-bond donors (Lipinski definition) is 0.